The number of hydrogen-bond acceptors (Lipinski definition) is 2. The van der Waals surface area contributed by atoms with Crippen molar-refractivity contribution in [1.29, 1.82) is 0 Å². The summed E-state index contributed by atoms with van der Waals surface area (Å²) in [4.78, 5) is 0. The van der Waals surface area contributed by atoms with Gasteiger partial charge >= 0.3 is 0 Å². The van der Waals surface area contributed by atoms with Crippen LogP contribution in [-0.4, -0.2) is 23.9 Å². The lowest BCUT2D eigenvalue weighted by Gasteiger charge is -2.25. The molecule has 0 aromatic rings. The summed E-state index contributed by atoms with van der Waals surface area (Å²) in [5.41, 5.74) is 0. The lowest BCUT2D eigenvalue weighted by atomic mass is 10.1. The zero-order valence-electron chi connectivity index (χ0n) is 5.58. The fraction of sp³-hybridized carbons (Fsp3) is 0.714. The monoisotopic (exact) mass is 128 g/mol. The molecule has 0 bridgehead atoms. The Morgan fingerprint density at radius 3 is 3.00 bits per heavy atom. The predicted molar refractivity (Wildman–Crippen MR) is 34.6 cm³/mol. The normalized spacial score (nSPS) is 36.7. The number of rotatable bonds is 1. The summed E-state index contributed by atoms with van der Waals surface area (Å²) >= 11 is 0. The molecule has 2 nitrogen and oxygen atoms in total. The fourth-order valence-electron chi connectivity index (χ4n) is 0.925. The van der Waals surface area contributed by atoms with Crippen LogP contribution in [0.5, 0.6) is 0 Å². The minimum absolute atomic E-state index is 0.0613. The Hall–Kier alpha value is -0.0800. The van der Waals surface area contributed by atoms with Crippen LogP contribution in [-0.2, 0) is 4.74 Å². The van der Waals surface area contributed by atoms with Crippen LogP contribution in [0.3, 0.4) is 0 Å². The fourth-order valence-corrected chi connectivity index (χ4v) is 0.925. The topological polar surface area (TPSA) is 29.5 Å². The smallest absolute Gasteiger partial charge is 0.0843 e. The molecule has 2 atom stereocenters. The van der Waals surface area contributed by atoms with Crippen molar-refractivity contribution in [2.24, 2.45) is 0 Å². The van der Waals surface area contributed by atoms with Crippen LogP contribution in [0.4, 0.5) is 0 Å². The van der Waals surface area contributed by atoms with Crippen LogP contribution in [0, 0.1) is 12.8 Å². The molecule has 2 heteroatoms. The Bertz CT molecular complexity index is 83.0. The van der Waals surface area contributed by atoms with Crippen molar-refractivity contribution in [1.82, 2.24) is 0 Å². The van der Waals surface area contributed by atoms with Gasteiger partial charge in [-0.2, -0.15) is 0 Å². The Morgan fingerprint density at radius 1 is 1.78 bits per heavy atom. The van der Waals surface area contributed by atoms with Gasteiger partial charge in [-0.05, 0) is 26.2 Å². The molecular formula is C7H12O2. The molecule has 1 rings (SSSR count). The van der Waals surface area contributed by atoms with E-state index in [-0.39, 0.29) is 18.8 Å². The van der Waals surface area contributed by atoms with Crippen molar-refractivity contribution >= 4 is 0 Å². The van der Waals surface area contributed by atoms with Crippen molar-refractivity contribution in [3.8, 4) is 0 Å². The molecule has 0 saturated carbocycles. The zero-order chi connectivity index (χ0) is 6.69. The molecule has 1 aliphatic heterocycles. The van der Waals surface area contributed by atoms with E-state index in [0.29, 0.717) is 0 Å². The molecule has 0 amide bonds. The van der Waals surface area contributed by atoms with E-state index in [9.17, 15) is 0 Å². The van der Waals surface area contributed by atoms with Crippen molar-refractivity contribution < 1.29 is 9.84 Å². The van der Waals surface area contributed by atoms with Gasteiger partial charge < -0.3 is 9.84 Å². The van der Waals surface area contributed by atoms with Crippen LogP contribution in [0.2, 0.25) is 0 Å². The van der Waals surface area contributed by atoms with E-state index < -0.39 is 0 Å². The SMILES string of the molecule is C[C@H]1C[CH][CH]C(CO)O1. The van der Waals surface area contributed by atoms with Gasteiger partial charge in [-0.1, -0.05) is 0 Å². The molecule has 1 N–H and O–H groups in total. The second kappa shape index (κ2) is 3.18. The summed E-state index contributed by atoms with van der Waals surface area (Å²) in [5, 5.41) is 8.63. The molecular weight excluding hydrogens is 116 g/mol. The Kier molecular flexibility index (Phi) is 2.49. The quantitative estimate of drug-likeness (QED) is 0.559. The highest BCUT2D eigenvalue weighted by molar-refractivity contribution is 4.96. The molecule has 0 spiro atoms. The molecule has 2 radical (unpaired) electrons. The molecule has 1 fully saturated rings. The zero-order valence-corrected chi connectivity index (χ0v) is 5.58. The minimum Gasteiger partial charge on any atom is -0.394 e. The third-order valence-electron chi connectivity index (χ3n) is 1.41. The number of ether oxygens (including phenoxy) is 1. The van der Waals surface area contributed by atoms with Crippen LogP contribution in [0.1, 0.15) is 13.3 Å². The predicted octanol–water partition coefficient (Wildman–Crippen LogP) is 0.565. The molecule has 0 aliphatic carbocycles. The summed E-state index contributed by atoms with van der Waals surface area (Å²) in [6, 6.07) is 0. The Morgan fingerprint density at radius 2 is 2.56 bits per heavy atom. The maximum atomic E-state index is 8.63. The van der Waals surface area contributed by atoms with E-state index in [1.54, 1.807) is 0 Å². The summed E-state index contributed by atoms with van der Waals surface area (Å²) in [6.45, 7) is 2.10. The van der Waals surface area contributed by atoms with E-state index in [1.165, 1.54) is 0 Å². The van der Waals surface area contributed by atoms with Gasteiger partial charge in [-0.15, -0.1) is 0 Å². The maximum absolute atomic E-state index is 8.63. The van der Waals surface area contributed by atoms with E-state index in [0.717, 1.165) is 6.42 Å². The van der Waals surface area contributed by atoms with E-state index >= 15 is 0 Å². The van der Waals surface area contributed by atoms with E-state index in [1.807, 2.05) is 13.3 Å². The van der Waals surface area contributed by atoms with Crippen LogP contribution in [0.25, 0.3) is 0 Å². The first-order valence-electron chi connectivity index (χ1n) is 3.26. The van der Waals surface area contributed by atoms with Gasteiger partial charge in [0.1, 0.15) is 0 Å². The van der Waals surface area contributed by atoms with Crippen molar-refractivity contribution in [2.75, 3.05) is 6.61 Å². The average molecular weight is 128 g/mol. The first-order chi connectivity index (χ1) is 4.33. The lowest BCUT2D eigenvalue weighted by Crippen LogP contribution is -2.28. The third kappa shape index (κ3) is 1.95. The van der Waals surface area contributed by atoms with Crippen molar-refractivity contribution in [2.45, 2.75) is 25.6 Å². The van der Waals surface area contributed by atoms with E-state index in [4.69, 9.17) is 9.84 Å². The maximum Gasteiger partial charge on any atom is 0.0843 e. The molecule has 1 heterocycles. The highest BCUT2D eigenvalue weighted by Crippen LogP contribution is 2.15. The van der Waals surface area contributed by atoms with Crippen molar-refractivity contribution in [3.63, 3.8) is 0 Å². The van der Waals surface area contributed by atoms with Gasteiger partial charge in [0, 0.05) is 0 Å². The van der Waals surface area contributed by atoms with E-state index in [2.05, 4.69) is 6.42 Å². The van der Waals surface area contributed by atoms with Crippen LogP contribution >= 0.6 is 0 Å². The molecule has 0 aromatic heterocycles. The molecule has 1 aliphatic rings. The molecule has 1 saturated heterocycles. The Labute approximate surface area is 55.8 Å². The van der Waals surface area contributed by atoms with Gasteiger partial charge in [-0.25, -0.2) is 0 Å². The van der Waals surface area contributed by atoms with Gasteiger partial charge in [0.2, 0.25) is 0 Å². The second-order valence-electron chi connectivity index (χ2n) is 2.33. The largest absolute Gasteiger partial charge is 0.394 e. The molecule has 52 valence electrons. The highest BCUT2D eigenvalue weighted by atomic mass is 16.5. The molecule has 0 aromatic carbocycles. The molecule has 9 heavy (non-hydrogen) atoms. The van der Waals surface area contributed by atoms with Gasteiger partial charge in [0.25, 0.3) is 0 Å². The number of aliphatic hydroxyl groups excluding tert-OH is 1. The lowest BCUT2D eigenvalue weighted by molar-refractivity contribution is -0.0254. The summed E-state index contributed by atoms with van der Waals surface area (Å²) in [7, 11) is 0. The summed E-state index contributed by atoms with van der Waals surface area (Å²) in [6.07, 6.45) is 5.13. The first kappa shape index (κ1) is 7.03. The first-order valence-corrected chi connectivity index (χ1v) is 3.26. The third-order valence-corrected chi connectivity index (χ3v) is 1.41. The number of aliphatic hydroxyl groups is 1. The number of hydrogen-bond donors (Lipinski definition) is 1. The standard InChI is InChI=1S/C7H12O2/c1-6-3-2-4-7(5-8)9-6/h2,4,6-8H,3,5H2,1H3/t6-,7?/m0/s1. The molecule has 1 unspecified atom stereocenters. The van der Waals surface area contributed by atoms with Gasteiger partial charge in [0.05, 0.1) is 18.8 Å². The Balaban J connectivity index is 2.23. The van der Waals surface area contributed by atoms with Crippen molar-refractivity contribution in [3.05, 3.63) is 12.8 Å². The van der Waals surface area contributed by atoms with Gasteiger partial charge in [0.15, 0.2) is 0 Å². The van der Waals surface area contributed by atoms with Crippen LogP contribution in [0.15, 0.2) is 0 Å². The van der Waals surface area contributed by atoms with Gasteiger partial charge in [-0.3, -0.25) is 0 Å². The summed E-state index contributed by atoms with van der Waals surface area (Å²) in [5.74, 6) is 0. The second-order valence-corrected chi connectivity index (χ2v) is 2.33. The summed E-state index contributed by atoms with van der Waals surface area (Å²) < 4.78 is 5.30. The minimum atomic E-state index is -0.0613. The average Bonchev–Trinajstić information content (AvgIpc) is 1.88. The van der Waals surface area contributed by atoms with Crippen LogP contribution < -0.4 is 0 Å². The highest BCUT2D eigenvalue weighted by Gasteiger charge is 2.17.